The predicted octanol–water partition coefficient (Wildman–Crippen LogP) is 2.28. The number of benzene rings is 1. The van der Waals surface area contributed by atoms with Gasteiger partial charge in [-0.1, -0.05) is 6.07 Å². The highest BCUT2D eigenvalue weighted by Gasteiger charge is 2.25. The van der Waals surface area contributed by atoms with Crippen LogP contribution in [0.2, 0.25) is 0 Å². The molecule has 1 aromatic carbocycles. The fourth-order valence-electron chi connectivity index (χ4n) is 4.37. The first-order chi connectivity index (χ1) is 14.6. The Kier molecular flexibility index (Phi) is 5.04. The molecule has 1 fully saturated rings. The number of amides is 1. The summed E-state index contributed by atoms with van der Waals surface area (Å²) in [5, 5.41) is 6.59. The maximum atomic E-state index is 12.9. The number of carbonyl (C=O) groups excluding carboxylic acids is 1. The normalized spacial score (nSPS) is 19.0. The first-order valence-electron chi connectivity index (χ1n) is 10.5. The molecule has 30 heavy (non-hydrogen) atoms. The average molecular weight is 423 g/mol. The highest BCUT2D eigenvalue weighted by Crippen LogP contribution is 2.32. The molecule has 0 saturated carbocycles. The van der Waals surface area contributed by atoms with Crippen LogP contribution < -0.4 is 21.3 Å². The van der Waals surface area contributed by atoms with Crippen molar-refractivity contribution in [3.05, 3.63) is 46.1 Å². The number of fused-ring (bicyclic) bond motifs is 2. The van der Waals surface area contributed by atoms with Crippen molar-refractivity contribution in [1.29, 1.82) is 0 Å². The number of piperazine rings is 1. The summed E-state index contributed by atoms with van der Waals surface area (Å²) < 4.78 is 0. The number of anilines is 2. The summed E-state index contributed by atoms with van der Waals surface area (Å²) >= 11 is 1.32. The van der Waals surface area contributed by atoms with Gasteiger partial charge < -0.3 is 21.3 Å². The molecule has 0 unspecified atom stereocenters. The molecule has 5 rings (SSSR count). The van der Waals surface area contributed by atoms with Crippen LogP contribution >= 0.6 is 11.3 Å². The van der Waals surface area contributed by atoms with E-state index >= 15 is 0 Å². The number of hydrogen-bond donors (Lipinski definition) is 3. The van der Waals surface area contributed by atoms with E-state index in [1.165, 1.54) is 28.2 Å². The highest BCUT2D eigenvalue weighted by molar-refractivity contribution is 7.21. The van der Waals surface area contributed by atoms with Crippen LogP contribution in [-0.4, -0.2) is 48.1 Å². The zero-order chi connectivity index (χ0) is 20.7. The van der Waals surface area contributed by atoms with Crippen molar-refractivity contribution in [3.63, 3.8) is 0 Å². The number of nitrogens with one attached hydrogen (secondary N) is 2. The Hall–Kier alpha value is -2.71. The molecule has 7 nitrogen and oxygen atoms in total. The number of nitrogens with zero attached hydrogens (tertiary/aromatic N) is 3. The number of carbonyl (C=O) groups is 1. The monoisotopic (exact) mass is 422 g/mol. The molecule has 0 radical (unpaired) electrons. The molecule has 4 N–H and O–H groups in total. The Labute approximate surface area is 179 Å². The summed E-state index contributed by atoms with van der Waals surface area (Å²) in [6, 6.07) is 6.90. The minimum Gasteiger partial charge on any atom is -0.396 e. The first-order valence-corrected chi connectivity index (χ1v) is 11.3. The van der Waals surface area contributed by atoms with Gasteiger partial charge in [0.2, 0.25) is 0 Å². The van der Waals surface area contributed by atoms with E-state index in [4.69, 9.17) is 5.73 Å². The Bertz CT molecular complexity index is 1100. The quantitative estimate of drug-likeness (QED) is 0.599. The van der Waals surface area contributed by atoms with Gasteiger partial charge in [0, 0.05) is 44.1 Å². The number of hydrogen-bond acceptors (Lipinski definition) is 7. The smallest absolute Gasteiger partial charge is 0.263 e. The molecule has 1 amide bonds. The van der Waals surface area contributed by atoms with Gasteiger partial charge in [-0.2, -0.15) is 0 Å². The zero-order valence-corrected chi connectivity index (χ0v) is 17.9. The van der Waals surface area contributed by atoms with E-state index < -0.39 is 0 Å². The van der Waals surface area contributed by atoms with Crippen molar-refractivity contribution in [2.75, 3.05) is 36.8 Å². The summed E-state index contributed by atoms with van der Waals surface area (Å²) in [5.41, 5.74) is 12.1. The van der Waals surface area contributed by atoms with Gasteiger partial charge in [-0.15, -0.1) is 11.3 Å². The van der Waals surface area contributed by atoms with Crippen molar-refractivity contribution in [1.82, 2.24) is 20.6 Å². The molecule has 0 bridgehead atoms. The van der Waals surface area contributed by atoms with Gasteiger partial charge in [0.25, 0.3) is 5.91 Å². The first kappa shape index (κ1) is 19.3. The lowest BCUT2D eigenvalue weighted by Crippen LogP contribution is -2.43. The number of aromatic nitrogens is 2. The molecule has 1 atom stereocenters. The van der Waals surface area contributed by atoms with Gasteiger partial charge in [-0.25, -0.2) is 9.97 Å². The third kappa shape index (κ3) is 3.61. The molecule has 156 valence electrons. The second kappa shape index (κ2) is 7.85. The third-order valence-electron chi connectivity index (χ3n) is 6.00. The van der Waals surface area contributed by atoms with E-state index in [1.807, 2.05) is 6.92 Å². The van der Waals surface area contributed by atoms with Crippen LogP contribution in [-0.2, 0) is 12.8 Å². The topological polar surface area (TPSA) is 96.2 Å². The van der Waals surface area contributed by atoms with Gasteiger partial charge >= 0.3 is 0 Å². The van der Waals surface area contributed by atoms with Gasteiger partial charge in [0.05, 0.1) is 11.4 Å². The van der Waals surface area contributed by atoms with E-state index in [0.29, 0.717) is 20.9 Å². The summed E-state index contributed by atoms with van der Waals surface area (Å²) in [6.07, 6.45) is 4.44. The highest BCUT2D eigenvalue weighted by atomic mass is 32.1. The summed E-state index contributed by atoms with van der Waals surface area (Å²) in [7, 11) is 0. The Morgan fingerprint density at radius 2 is 2.13 bits per heavy atom. The number of nitrogens with two attached hydrogens (primary N) is 1. The number of rotatable bonds is 3. The fraction of sp³-hybridized carbons (Fsp3) is 0.409. The lowest BCUT2D eigenvalue weighted by Gasteiger charge is -2.31. The van der Waals surface area contributed by atoms with Crippen LogP contribution in [0.5, 0.6) is 0 Å². The van der Waals surface area contributed by atoms with Crippen LogP contribution in [0.25, 0.3) is 10.3 Å². The molecule has 1 saturated heterocycles. The van der Waals surface area contributed by atoms with Crippen LogP contribution in [0.15, 0.2) is 24.4 Å². The molecule has 3 aromatic rings. The van der Waals surface area contributed by atoms with Gasteiger partial charge in [-0.05, 0) is 49.4 Å². The molecule has 3 heterocycles. The average Bonchev–Trinajstić information content (AvgIpc) is 3.09. The largest absolute Gasteiger partial charge is 0.396 e. The standard InChI is InChI=1S/C22H26N6OS/c1-13-12-25-19-18(23)20(30-22(19)26-13)21(29)27-16-4-2-15-11-17(5-3-14(15)10-16)28-8-6-24-7-9-28/h3,5,11-12,16,24H,2,4,6-10,23H2,1H3,(H,27,29)/t16-/m0/s1. The van der Waals surface area contributed by atoms with Crippen LogP contribution in [0.1, 0.15) is 32.9 Å². The summed E-state index contributed by atoms with van der Waals surface area (Å²) in [6.45, 7) is 6.07. The van der Waals surface area contributed by atoms with Gasteiger partial charge in [0.15, 0.2) is 0 Å². The van der Waals surface area contributed by atoms with E-state index in [-0.39, 0.29) is 11.9 Å². The van der Waals surface area contributed by atoms with E-state index in [2.05, 4.69) is 43.7 Å². The van der Waals surface area contributed by atoms with Crippen LogP contribution in [0.3, 0.4) is 0 Å². The number of aryl methyl sites for hydroxylation is 2. The van der Waals surface area contributed by atoms with E-state index in [1.54, 1.807) is 6.20 Å². The van der Waals surface area contributed by atoms with Crippen molar-refractivity contribution >= 4 is 39.0 Å². The lowest BCUT2D eigenvalue weighted by atomic mass is 9.87. The van der Waals surface area contributed by atoms with Gasteiger partial charge in [0.1, 0.15) is 15.2 Å². The predicted molar refractivity (Wildman–Crippen MR) is 121 cm³/mol. The zero-order valence-electron chi connectivity index (χ0n) is 17.1. The molecular formula is C22H26N6OS. The second-order valence-corrected chi connectivity index (χ2v) is 9.11. The fourth-order valence-corrected chi connectivity index (χ4v) is 5.37. The van der Waals surface area contributed by atoms with Crippen LogP contribution in [0.4, 0.5) is 11.4 Å². The van der Waals surface area contributed by atoms with Crippen molar-refractivity contribution in [3.8, 4) is 0 Å². The lowest BCUT2D eigenvalue weighted by molar-refractivity contribution is 0.0938. The van der Waals surface area contributed by atoms with Crippen molar-refractivity contribution in [2.24, 2.45) is 0 Å². The third-order valence-corrected chi connectivity index (χ3v) is 7.09. The maximum absolute atomic E-state index is 12.9. The Morgan fingerprint density at radius 1 is 1.30 bits per heavy atom. The van der Waals surface area contributed by atoms with E-state index in [9.17, 15) is 4.79 Å². The minimum absolute atomic E-state index is 0.113. The molecule has 1 aliphatic heterocycles. The molecule has 8 heteroatoms. The SMILES string of the molecule is Cc1cnc2c(N)c(C(=O)N[C@H]3CCc4cc(N5CCNCC5)ccc4C3)sc2n1. The Balaban J connectivity index is 1.29. The second-order valence-electron chi connectivity index (χ2n) is 8.11. The van der Waals surface area contributed by atoms with Gasteiger partial charge in [-0.3, -0.25) is 4.79 Å². The minimum atomic E-state index is -0.124. The molecule has 1 aliphatic carbocycles. The maximum Gasteiger partial charge on any atom is 0.263 e. The van der Waals surface area contributed by atoms with Crippen molar-refractivity contribution < 1.29 is 4.79 Å². The van der Waals surface area contributed by atoms with Crippen LogP contribution in [0, 0.1) is 6.92 Å². The van der Waals surface area contributed by atoms with E-state index in [0.717, 1.165) is 51.1 Å². The molecular weight excluding hydrogens is 396 g/mol. The van der Waals surface area contributed by atoms with Crippen molar-refractivity contribution in [2.45, 2.75) is 32.2 Å². The summed E-state index contributed by atoms with van der Waals surface area (Å²) in [4.78, 5) is 25.4. The molecule has 2 aliphatic rings. The summed E-state index contributed by atoms with van der Waals surface area (Å²) in [5.74, 6) is -0.124. The molecule has 2 aromatic heterocycles. The molecule has 0 spiro atoms. The number of thiophene rings is 1. The Morgan fingerprint density at radius 3 is 2.97 bits per heavy atom. The number of nitrogen functional groups attached to an aromatic ring is 1.